The van der Waals surface area contributed by atoms with Gasteiger partial charge in [-0.25, -0.2) is 9.59 Å². The van der Waals surface area contributed by atoms with Gasteiger partial charge < -0.3 is 30.1 Å². The molecule has 1 aliphatic heterocycles. The minimum atomic E-state index is -5.08. The molecule has 0 aliphatic carbocycles. The number of methoxy groups -OCH3 is 1. The first kappa shape index (κ1) is 30.1. The monoisotopic (exact) mass is 579 g/mol. The average molecular weight is 580 g/mol. The highest BCUT2D eigenvalue weighted by Gasteiger charge is 2.38. The van der Waals surface area contributed by atoms with E-state index in [2.05, 4.69) is 15.1 Å². The second-order valence-electron chi connectivity index (χ2n) is 8.42. The number of nitrogens with zero attached hydrogens (tertiary/aromatic N) is 2. The summed E-state index contributed by atoms with van der Waals surface area (Å²) in [6.07, 6.45) is -5.08. The van der Waals surface area contributed by atoms with Crippen molar-refractivity contribution < 1.29 is 42.5 Å². The first-order valence-corrected chi connectivity index (χ1v) is 12.2. The Morgan fingerprint density at radius 2 is 1.40 bits per heavy atom. The number of carbonyl (C=O) groups excluding carboxylic acids is 1. The van der Waals surface area contributed by atoms with E-state index in [1.807, 2.05) is 24.3 Å². The molecule has 4 rings (SSSR count). The highest BCUT2D eigenvalue weighted by Crippen LogP contribution is 2.31. The summed E-state index contributed by atoms with van der Waals surface area (Å²) in [4.78, 5) is 37.7. The van der Waals surface area contributed by atoms with Gasteiger partial charge in [0.15, 0.2) is 0 Å². The lowest BCUT2D eigenvalue weighted by Crippen LogP contribution is -2.47. The minimum Gasteiger partial charge on any atom is -0.495 e. The van der Waals surface area contributed by atoms with Crippen LogP contribution in [0.15, 0.2) is 66.7 Å². The van der Waals surface area contributed by atoms with E-state index in [4.69, 9.17) is 26.2 Å². The van der Waals surface area contributed by atoms with Crippen molar-refractivity contribution in [3.8, 4) is 5.75 Å². The predicted molar refractivity (Wildman–Crippen MR) is 144 cm³/mol. The van der Waals surface area contributed by atoms with Crippen molar-refractivity contribution in [3.05, 3.63) is 82.9 Å². The Balaban J connectivity index is 0.000000559. The van der Waals surface area contributed by atoms with Crippen molar-refractivity contribution in [2.45, 2.75) is 6.18 Å². The molecule has 1 fully saturated rings. The fourth-order valence-electron chi connectivity index (χ4n) is 3.98. The maximum absolute atomic E-state index is 12.6. The molecule has 0 unspecified atom stereocenters. The molecule has 212 valence electrons. The number of carboxylic acid groups (broad SMARTS) is 2. The van der Waals surface area contributed by atoms with Crippen LogP contribution >= 0.6 is 11.6 Å². The molecule has 1 aliphatic rings. The minimum absolute atomic E-state index is 0.137. The van der Waals surface area contributed by atoms with Crippen LogP contribution in [0.25, 0.3) is 0 Å². The lowest BCUT2D eigenvalue weighted by atomic mass is 10.1. The number of piperazine rings is 1. The summed E-state index contributed by atoms with van der Waals surface area (Å²) in [7, 11) is 1.65. The van der Waals surface area contributed by atoms with Gasteiger partial charge in [-0.15, -0.1) is 0 Å². The molecular weight excluding hydrogens is 555 g/mol. The van der Waals surface area contributed by atoms with E-state index >= 15 is 0 Å². The van der Waals surface area contributed by atoms with Gasteiger partial charge in [0.1, 0.15) is 5.75 Å². The molecule has 0 saturated carbocycles. The van der Waals surface area contributed by atoms with Crippen LogP contribution in [-0.4, -0.2) is 67.5 Å². The Morgan fingerprint density at radius 3 is 1.95 bits per heavy atom. The molecule has 0 radical (unpaired) electrons. The number of carboxylic acids is 2. The van der Waals surface area contributed by atoms with Crippen LogP contribution in [-0.2, 0) is 4.79 Å². The van der Waals surface area contributed by atoms with Gasteiger partial charge in [-0.2, -0.15) is 13.2 Å². The second kappa shape index (κ2) is 13.1. The first-order valence-electron chi connectivity index (χ1n) is 11.8. The van der Waals surface area contributed by atoms with Gasteiger partial charge >= 0.3 is 18.1 Å². The van der Waals surface area contributed by atoms with Gasteiger partial charge in [0.2, 0.25) is 0 Å². The molecule has 40 heavy (non-hydrogen) atoms. The van der Waals surface area contributed by atoms with Gasteiger partial charge in [-0.3, -0.25) is 4.79 Å². The maximum atomic E-state index is 12.6. The van der Waals surface area contributed by atoms with Crippen LogP contribution in [0.5, 0.6) is 5.75 Å². The molecule has 0 aromatic heterocycles. The lowest BCUT2D eigenvalue weighted by molar-refractivity contribution is -0.192. The number of rotatable bonds is 6. The Hall–Kier alpha value is -4.45. The van der Waals surface area contributed by atoms with Crippen molar-refractivity contribution in [1.82, 2.24) is 0 Å². The van der Waals surface area contributed by atoms with Gasteiger partial charge in [-0.05, 0) is 42.5 Å². The van der Waals surface area contributed by atoms with E-state index in [9.17, 15) is 27.9 Å². The summed E-state index contributed by atoms with van der Waals surface area (Å²) in [5.74, 6) is -3.38. The van der Waals surface area contributed by atoms with E-state index < -0.39 is 24.0 Å². The number of amides is 1. The van der Waals surface area contributed by atoms with E-state index in [0.717, 1.165) is 24.5 Å². The number of aliphatic carboxylic acids is 1. The third kappa shape index (κ3) is 7.56. The summed E-state index contributed by atoms with van der Waals surface area (Å²) >= 11 is 6.10. The third-order valence-electron chi connectivity index (χ3n) is 5.89. The van der Waals surface area contributed by atoms with Crippen LogP contribution in [0.4, 0.5) is 30.2 Å². The zero-order valence-corrected chi connectivity index (χ0v) is 21.9. The van der Waals surface area contributed by atoms with Gasteiger partial charge in [0.05, 0.1) is 34.6 Å². The van der Waals surface area contributed by atoms with Gasteiger partial charge in [0.25, 0.3) is 5.91 Å². The number of aromatic carboxylic acids is 1. The second-order valence-corrected chi connectivity index (χ2v) is 8.83. The van der Waals surface area contributed by atoms with Crippen LogP contribution in [0.3, 0.4) is 0 Å². The maximum Gasteiger partial charge on any atom is 0.490 e. The molecule has 0 spiro atoms. The number of anilines is 3. The first-order chi connectivity index (χ1) is 18.9. The standard InChI is InChI=1S/C25H24ClN3O4.C2HF3O2/c1-33-23-9-5-4-8-22(23)29-14-12-28(13-15-29)21-11-10-17(16-19(21)25(31)32)27-24(30)18-6-2-3-7-20(18)26;3-2(4,5)1(6)7/h2-11,16H,12-15H2,1H3,(H,27,30)(H,31,32);(H,6,7). The molecule has 0 atom stereocenters. The van der Waals surface area contributed by atoms with E-state index in [1.165, 1.54) is 6.07 Å². The third-order valence-corrected chi connectivity index (χ3v) is 6.22. The molecule has 1 saturated heterocycles. The summed E-state index contributed by atoms with van der Waals surface area (Å²) in [6, 6.07) is 19.5. The Labute approximate surface area is 232 Å². The fourth-order valence-corrected chi connectivity index (χ4v) is 4.21. The zero-order valence-electron chi connectivity index (χ0n) is 21.1. The highest BCUT2D eigenvalue weighted by molar-refractivity contribution is 6.34. The normalized spacial score (nSPS) is 13.1. The number of hydrogen-bond donors (Lipinski definition) is 3. The number of halogens is 4. The number of ether oxygens (including phenoxy) is 1. The summed E-state index contributed by atoms with van der Waals surface area (Å²) in [5.41, 5.74) is 2.51. The zero-order chi connectivity index (χ0) is 29.4. The van der Waals surface area contributed by atoms with Gasteiger partial charge in [0, 0.05) is 31.9 Å². The molecule has 9 nitrogen and oxygen atoms in total. The number of para-hydroxylation sites is 2. The highest BCUT2D eigenvalue weighted by atomic mass is 35.5. The molecule has 1 heterocycles. The number of benzene rings is 3. The lowest BCUT2D eigenvalue weighted by Gasteiger charge is -2.38. The molecule has 3 aromatic carbocycles. The molecule has 1 amide bonds. The number of alkyl halides is 3. The molecule has 0 bridgehead atoms. The Kier molecular flexibility index (Phi) is 9.83. The molecule has 3 N–H and O–H groups in total. The van der Waals surface area contributed by atoms with Crippen LogP contribution in [0.1, 0.15) is 20.7 Å². The smallest absolute Gasteiger partial charge is 0.490 e. The Morgan fingerprint density at radius 1 is 0.850 bits per heavy atom. The predicted octanol–water partition coefficient (Wildman–Crippen LogP) is 5.26. The van der Waals surface area contributed by atoms with Crippen LogP contribution in [0, 0.1) is 0 Å². The number of carbonyl (C=O) groups is 3. The van der Waals surface area contributed by atoms with Crippen molar-refractivity contribution in [3.63, 3.8) is 0 Å². The molecule has 13 heteroatoms. The number of hydrogen-bond acceptors (Lipinski definition) is 6. The van der Waals surface area contributed by atoms with Gasteiger partial charge in [-0.1, -0.05) is 35.9 Å². The summed E-state index contributed by atoms with van der Waals surface area (Å²) < 4.78 is 37.2. The quantitative estimate of drug-likeness (QED) is 0.362. The largest absolute Gasteiger partial charge is 0.495 e. The van der Waals surface area contributed by atoms with E-state index in [1.54, 1.807) is 43.5 Å². The number of nitrogens with one attached hydrogen (secondary N) is 1. The summed E-state index contributed by atoms with van der Waals surface area (Å²) in [6.45, 7) is 2.77. The van der Waals surface area contributed by atoms with E-state index in [0.29, 0.717) is 35.1 Å². The van der Waals surface area contributed by atoms with E-state index in [-0.39, 0.29) is 5.56 Å². The molecular formula is C27H25ClF3N3O6. The SMILES string of the molecule is COc1ccccc1N1CCN(c2ccc(NC(=O)c3ccccc3Cl)cc2C(=O)O)CC1.O=C(O)C(F)(F)F. The summed E-state index contributed by atoms with van der Waals surface area (Å²) in [5, 5.41) is 20.0. The van der Waals surface area contributed by atoms with Crippen molar-refractivity contribution >= 4 is 46.5 Å². The topological polar surface area (TPSA) is 119 Å². The average Bonchev–Trinajstić information content (AvgIpc) is 2.93. The fraction of sp³-hybridized carbons (Fsp3) is 0.222. The molecule has 3 aromatic rings. The van der Waals surface area contributed by atoms with Crippen molar-refractivity contribution in [1.29, 1.82) is 0 Å². The Bertz CT molecular complexity index is 1380. The van der Waals surface area contributed by atoms with Crippen LogP contribution in [0.2, 0.25) is 5.02 Å². The van der Waals surface area contributed by atoms with Crippen LogP contribution < -0.4 is 19.9 Å². The van der Waals surface area contributed by atoms with Crippen molar-refractivity contribution in [2.75, 3.05) is 48.4 Å². The van der Waals surface area contributed by atoms with Crippen molar-refractivity contribution in [2.24, 2.45) is 0 Å².